The molecule has 1 aliphatic rings. The molecule has 34 heavy (non-hydrogen) atoms. The van der Waals surface area contributed by atoms with Gasteiger partial charge in [0.1, 0.15) is 17.0 Å². The predicted octanol–water partition coefficient (Wildman–Crippen LogP) is 3.89. The summed E-state index contributed by atoms with van der Waals surface area (Å²) in [6, 6.07) is 10.0. The summed E-state index contributed by atoms with van der Waals surface area (Å²) in [7, 11) is -2.89. The summed E-state index contributed by atoms with van der Waals surface area (Å²) < 4.78 is 44.6. The maximum atomic E-state index is 13.8. The van der Waals surface area contributed by atoms with Crippen molar-refractivity contribution in [3.05, 3.63) is 64.1 Å². The van der Waals surface area contributed by atoms with Crippen LogP contribution in [-0.2, 0) is 10.0 Å². The zero-order valence-electron chi connectivity index (χ0n) is 17.9. The van der Waals surface area contributed by atoms with Crippen LogP contribution in [0.25, 0.3) is 10.9 Å². The first-order chi connectivity index (χ1) is 16.4. The maximum Gasteiger partial charge on any atom is 0.270 e. The van der Waals surface area contributed by atoms with Crippen molar-refractivity contribution in [2.75, 3.05) is 18.0 Å². The molecular formula is C22H19ClN4O6S. The zero-order chi connectivity index (χ0) is 23.9. The molecule has 0 saturated heterocycles. The summed E-state index contributed by atoms with van der Waals surface area (Å²) in [5.41, 5.74) is 0.238. The van der Waals surface area contributed by atoms with Gasteiger partial charge in [0.05, 0.1) is 18.6 Å². The molecule has 10 nitrogen and oxygen atoms in total. The van der Waals surface area contributed by atoms with E-state index in [0.29, 0.717) is 23.4 Å². The molecule has 0 unspecified atom stereocenters. The topological polar surface area (TPSA) is 128 Å². The van der Waals surface area contributed by atoms with Gasteiger partial charge in [0.25, 0.3) is 10.0 Å². The average Bonchev–Trinajstić information content (AvgIpc) is 3.50. The molecule has 0 radical (unpaired) electrons. The van der Waals surface area contributed by atoms with Crippen LogP contribution >= 0.6 is 11.6 Å². The molecule has 1 N–H and O–H groups in total. The van der Waals surface area contributed by atoms with Gasteiger partial charge in [-0.3, -0.25) is 4.79 Å². The van der Waals surface area contributed by atoms with Crippen LogP contribution in [0.15, 0.2) is 62.9 Å². The van der Waals surface area contributed by atoms with Gasteiger partial charge >= 0.3 is 0 Å². The monoisotopic (exact) mass is 502 g/mol. The molecule has 0 amide bonds. The SMILES string of the molecule is COc1nc(OCC2CC2)c(Cl)cc1N(c1ccon1)S(=O)(=O)c1ccc2[nH]c(=O)ccc2c1. The van der Waals surface area contributed by atoms with Crippen LogP contribution in [-0.4, -0.2) is 37.3 Å². The molecule has 3 aromatic heterocycles. The number of sulfonamides is 1. The molecule has 3 heterocycles. The number of benzene rings is 1. The number of aromatic nitrogens is 3. The molecule has 0 bridgehead atoms. The fourth-order valence-electron chi connectivity index (χ4n) is 3.41. The standard InChI is InChI=1S/C22H19ClN4O6S/c1-31-22-18(11-16(23)21(25-22)32-12-13-2-3-13)27(19-8-9-33-26-19)34(29,30)15-5-6-17-14(10-15)4-7-20(28)24-17/h4-11,13H,2-3,12H2,1H3,(H,24,28). The van der Waals surface area contributed by atoms with Crippen LogP contribution in [0.3, 0.4) is 0 Å². The van der Waals surface area contributed by atoms with Crippen LogP contribution in [0.5, 0.6) is 11.8 Å². The smallest absolute Gasteiger partial charge is 0.270 e. The molecular weight excluding hydrogens is 484 g/mol. The van der Waals surface area contributed by atoms with E-state index in [1.54, 1.807) is 6.07 Å². The molecule has 0 aliphatic heterocycles. The Kier molecular flexibility index (Phi) is 5.66. The van der Waals surface area contributed by atoms with Crippen molar-refractivity contribution >= 4 is 44.0 Å². The lowest BCUT2D eigenvalue weighted by Gasteiger charge is -2.24. The first kappa shape index (κ1) is 22.2. The molecule has 0 atom stereocenters. The van der Waals surface area contributed by atoms with Crippen molar-refractivity contribution in [2.45, 2.75) is 17.7 Å². The number of hydrogen-bond acceptors (Lipinski definition) is 8. The Morgan fingerprint density at radius 3 is 2.71 bits per heavy atom. The van der Waals surface area contributed by atoms with Crippen molar-refractivity contribution in [3.63, 3.8) is 0 Å². The molecule has 1 aliphatic carbocycles. The van der Waals surface area contributed by atoms with Crippen LogP contribution in [0.2, 0.25) is 5.02 Å². The number of rotatable bonds is 8. The highest BCUT2D eigenvalue weighted by Gasteiger charge is 2.33. The van der Waals surface area contributed by atoms with Gasteiger partial charge in [0.15, 0.2) is 5.82 Å². The van der Waals surface area contributed by atoms with Gasteiger partial charge in [-0.1, -0.05) is 16.8 Å². The summed E-state index contributed by atoms with van der Waals surface area (Å²) in [5, 5.41) is 4.48. The Hall–Kier alpha value is -3.57. The van der Waals surface area contributed by atoms with E-state index < -0.39 is 10.0 Å². The number of hydrogen-bond donors (Lipinski definition) is 1. The summed E-state index contributed by atoms with van der Waals surface area (Å²) in [4.78, 5) is 18.5. The Labute approximate surface area is 199 Å². The lowest BCUT2D eigenvalue weighted by Crippen LogP contribution is -2.27. The largest absolute Gasteiger partial charge is 0.479 e. The van der Waals surface area contributed by atoms with Crippen molar-refractivity contribution in [1.82, 2.24) is 15.1 Å². The van der Waals surface area contributed by atoms with Crippen molar-refractivity contribution < 1.29 is 22.4 Å². The molecule has 1 saturated carbocycles. The summed E-state index contributed by atoms with van der Waals surface area (Å²) >= 11 is 6.41. The third-order valence-corrected chi connectivity index (χ3v) is 7.31. The van der Waals surface area contributed by atoms with Crippen molar-refractivity contribution in [3.8, 4) is 11.8 Å². The van der Waals surface area contributed by atoms with E-state index in [4.69, 9.17) is 25.6 Å². The maximum absolute atomic E-state index is 13.8. The minimum absolute atomic E-state index is 0.0214. The fraction of sp³-hybridized carbons (Fsp3) is 0.227. The van der Waals surface area contributed by atoms with Gasteiger partial charge in [-0.15, -0.1) is 0 Å². The average molecular weight is 503 g/mol. The van der Waals surface area contributed by atoms with Gasteiger partial charge < -0.3 is 19.0 Å². The zero-order valence-corrected chi connectivity index (χ0v) is 19.5. The second kappa shape index (κ2) is 8.65. The van der Waals surface area contributed by atoms with E-state index in [1.807, 2.05) is 0 Å². The Bertz CT molecular complexity index is 1520. The Morgan fingerprint density at radius 1 is 1.18 bits per heavy atom. The van der Waals surface area contributed by atoms with E-state index >= 15 is 0 Å². The molecule has 5 rings (SSSR count). The van der Waals surface area contributed by atoms with E-state index in [1.165, 1.54) is 49.8 Å². The second-order valence-corrected chi connectivity index (χ2v) is 9.95. The number of H-pyrrole nitrogens is 1. The predicted molar refractivity (Wildman–Crippen MR) is 124 cm³/mol. The summed E-state index contributed by atoms with van der Waals surface area (Å²) in [6.07, 6.45) is 3.42. The minimum Gasteiger partial charge on any atom is -0.479 e. The Morgan fingerprint density at radius 2 is 2.00 bits per heavy atom. The number of methoxy groups -OCH3 is 1. The number of anilines is 2. The van der Waals surface area contributed by atoms with Crippen LogP contribution in [0, 0.1) is 5.92 Å². The van der Waals surface area contributed by atoms with E-state index in [0.717, 1.165) is 17.1 Å². The van der Waals surface area contributed by atoms with Gasteiger partial charge in [0, 0.05) is 17.6 Å². The number of nitrogens with one attached hydrogen (secondary N) is 1. The number of fused-ring (bicyclic) bond motifs is 1. The molecule has 1 aromatic carbocycles. The highest BCUT2D eigenvalue weighted by Crippen LogP contribution is 2.41. The van der Waals surface area contributed by atoms with E-state index in [2.05, 4.69) is 15.1 Å². The third kappa shape index (κ3) is 4.19. The number of aromatic amines is 1. The normalized spacial score (nSPS) is 13.7. The van der Waals surface area contributed by atoms with Gasteiger partial charge in [-0.2, -0.15) is 4.98 Å². The lowest BCUT2D eigenvalue weighted by atomic mass is 10.2. The summed E-state index contributed by atoms with van der Waals surface area (Å²) in [6.45, 7) is 0.472. The van der Waals surface area contributed by atoms with Gasteiger partial charge in [0.2, 0.25) is 17.3 Å². The van der Waals surface area contributed by atoms with Gasteiger partial charge in [-0.25, -0.2) is 12.7 Å². The fourth-order valence-corrected chi connectivity index (χ4v) is 5.07. The Balaban J connectivity index is 1.63. The molecule has 0 spiro atoms. The quantitative estimate of drug-likeness (QED) is 0.384. The highest BCUT2D eigenvalue weighted by molar-refractivity contribution is 7.93. The second-order valence-electron chi connectivity index (χ2n) is 7.76. The molecule has 12 heteroatoms. The van der Waals surface area contributed by atoms with Gasteiger partial charge in [-0.05, 0) is 54.5 Å². The minimum atomic E-state index is -4.26. The molecule has 176 valence electrons. The lowest BCUT2D eigenvalue weighted by molar-refractivity contribution is 0.283. The van der Waals surface area contributed by atoms with Crippen LogP contribution < -0.4 is 19.3 Å². The van der Waals surface area contributed by atoms with Crippen molar-refractivity contribution in [1.29, 1.82) is 0 Å². The van der Waals surface area contributed by atoms with Crippen LogP contribution in [0.4, 0.5) is 11.5 Å². The van der Waals surface area contributed by atoms with Crippen molar-refractivity contribution in [2.24, 2.45) is 5.92 Å². The molecule has 1 fully saturated rings. The number of ether oxygens (including phenoxy) is 2. The highest BCUT2D eigenvalue weighted by atomic mass is 35.5. The first-order valence-electron chi connectivity index (χ1n) is 10.3. The third-order valence-electron chi connectivity index (χ3n) is 5.32. The number of nitrogens with zero attached hydrogens (tertiary/aromatic N) is 3. The first-order valence-corrected chi connectivity index (χ1v) is 12.1. The molecule has 4 aromatic rings. The summed E-state index contributed by atoms with van der Waals surface area (Å²) in [5.74, 6) is 0.580. The number of pyridine rings is 2. The van der Waals surface area contributed by atoms with E-state index in [-0.39, 0.29) is 38.7 Å². The van der Waals surface area contributed by atoms with Crippen LogP contribution in [0.1, 0.15) is 12.8 Å². The van der Waals surface area contributed by atoms with E-state index in [9.17, 15) is 13.2 Å². The number of halogens is 1.